The third-order valence-electron chi connectivity index (χ3n) is 4.27. The van der Waals surface area contributed by atoms with Crippen LogP contribution in [0.1, 0.15) is 10.5 Å². The van der Waals surface area contributed by atoms with Crippen LogP contribution < -0.4 is 34.5 Å². The Morgan fingerprint density at radius 1 is 1.20 bits per heavy atom. The standard InChI is InChI=1S/C18H19N3O3.Na/c22-18(24-10-7-21-5-8-23-9-6-21)16-11-14-13-3-1-2-4-15(13)20-17(14)12-19-16;/h1-4,11-12H,5-10H2,(H,19,20,22);/q;+1/p-1. The third kappa shape index (κ3) is 4.04. The van der Waals surface area contributed by atoms with Gasteiger partial charge in [-0.05, 0) is 16.8 Å². The van der Waals surface area contributed by atoms with Crippen LogP contribution >= 0.6 is 0 Å². The molecule has 1 aliphatic heterocycles. The van der Waals surface area contributed by atoms with Gasteiger partial charge in [-0.1, -0.05) is 24.3 Å². The molecular formula is C18H18N3NaO3. The minimum Gasteiger partial charge on any atom is -0.656 e. The summed E-state index contributed by atoms with van der Waals surface area (Å²) >= 11 is 0. The smallest absolute Gasteiger partial charge is 0.656 e. The first-order chi connectivity index (χ1) is 11.8. The molecule has 1 aromatic carbocycles. The number of aromatic nitrogens is 2. The van der Waals surface area contributed by atoms with Crippen molar-refractivity contribution in [2.75, 3.05) is 39.5 Å². The van der Waals surface area contributed by atoms with Crippen LogP contribution in [0.2, 0.25) is 0 Å². The Hall–Kier alpha value is -1.44. The number of morpholine rings is 1. The van der Waals surface area contributed by atoms with Gasteiger partial charge in [0.15, 0.2) is 0 Å². The zero-order valence-electron chi connectivity index (χ0n) is 14.3. The molecule has 0 bridgehead atoms. The van der Waals surface area contributed by atoms with Gasteiger partial charge in [0.05, 0.1) is 13.2 Å². The van der Waals surface area contributed by atoms with Gasteiger partial charge >= 0.3 is 35.5 Å². The van der Waals surface area contributed by atoms with Crippen molar-refractivity contribution in [3.05, 3.63) is 42.2 Å². The number of ether oxygens (including phenoxy) is 2. The van der Waals surface area contributed by atoms with Gasteiger partial charge in [-0.2, -0.15) is 0 Å². The SMILES string of the molecule is O=C(OCCN1CCOCC1)c1cc2c(cn1)[n-]c1ccccc12.[Na+]. The predicted octanol–water partition coefficient (Wildman–Crippen LogP) is -1.16. The van der Waals surface area contributed by atoms with E-state index >= 15 is 0 Å². The number of carbonyl (C=O) groups is 1. The van der Waals surface area contributed by atoms with E-state index in [0.717, 1.165) is 54.7 Å². The number of carbonyl (C=O) groups excluding carboxylic acids is 1. The fourth-order valence-corrected chi connectivity index (χ4v) is 2.96. The van der Waals surface area contributed by atoms with E-state index in [1.807, 2.05) is 24.3 Å². The van der Waals surface area contributed by atoms with E-state index < -0.39 is 5.97 Å². The minimum absolute atomic E-state index is 0. The Morgan fingerprint density at radius 2 is 2.00 bits per heavy atom. The van der Waals surface area contributed by atoms with Crippen LogP contribution in [-0.4, -0.2) is 55.3 Å². The molecule has 0 aliphatic carbocycles. The van der Waals surface area contributed by atoms with Gasteiger partial charge in [0.1, 0.15) is 12.3 Å². The van der Waals surface area contributed by atoms with E-state index in [1.165, 1.54) is 0 Å². The number of hydrogen-bond acceptors (Lipinski definition) is 5. The van der Waals surface area contributed by atoms with Crippen molar-refractivity contribution >= 4 is 27.8 Å². The maximum Gasteiger partial charge on any atom is 1.00 e. The summed E-state index contributed by atoms with van der Waals surface area (Å²) in [6.07, 6.45) is 1.63. The predicted molar refractivity (Wildman–Crippen MR) is 90.1 cm³/mol. The Morgan fingerprint density at radius 3 is 2.84 bits per heavy atom. The molecule has 3 aromatic rings. The Balaban J connectivity index is 0.00000182. The monoisotopic (exact) mass is 347 g/mol. The summed E-state index contributed by atoms with van der Waals surface area (Å²) in [6, 6.07) is 9.63. The largest absolute Gasteiger partial charge is 1.00 e. The van der Waals surface area contributed by atoms with E-state index in [9.17, 15) is 4.79 Å². The number of rotatable bonds is 4. The first-order valence-corrected chi connectivity index (χ1v) is 8.10. The van der Waals surface area contributed by atoms with Crippen LogP contribution in [-0.2, 0) is 9.47 Å². The van der Waals surface area contributed by atoms with Gasteiger partial charge in [-0.15, -0.1) is 11.0 Å². The summed E-state index contributed by atoms with van der Waals surface area (Å²) in [7, 11) is 0. The molecule has 3 heterocycles. The molecule has 1 fully saturated rings. The van der Waals surface area contributed by atoms with Gasteiger partial charge in [0.2, 0.25) is 0 Å². The van der Waals surface area contributed by atoms with Crippen LogP contribution in [0.3, 0.4) is 0 Å². The number of benzene rings is 1. The number of fused-ring (bicyclic) bond motifs is 3. The molecular weight excluding hydrogens is 329 g/mol. The summed E-state index contributed by atoms with van der Waals surface area (Å²) < 4.78 is 10.7. The summed E-state index contributed by atoms with van der Waals surface area (Å²) in [5.41, 5.74) is 2.02. The fraction of sp³-hybridized carbons (Fsp3) is 0.333. The molecule has 0 saturated carbocycles. The number of hydrogen-bond donors (Lipinski definition) is 0. The van der Waals surface area contributed by atoms with Crippen LogP contribution in [0.5, 0.6) is 0 Å². The average Bonchev–Trinajstić information content (AvgIpc) is 3.00. The second kappa shape index (κ2) is 8.29. The number of pyridine rings is 1. The van der Waals surface area contributed by atoms with Gasteiger partial charge in [-0.25, -0.2) is 4.79 Å². The van der Waals surface area contributed by atoms with E-state index in [4.69, 9.17) is 9.47 Å². The summed E-state index contributed by atoms with van der Waals surface area (Å²) in [5, 5.41) is 1.96. The molecule has 124 valence electrons. The van der Waals surface area contributed by atoms with Gasteiger partial charge in [0.25, 0.3) is 0 Å². The molecule has 6 nitrogen and oxygen atoms in total. The molecule has 1 aliphatic rings. The molecule has 0 amide bonds. The maximum absolute atomic E-state index is 12.2. The van der Waals surface area contributed by atoms with Gasteiger partial charge < -0.3 is 14.5 Å². The molecule has 2 aromatic heterocycles. The second-order valence-corrected chi connectivity index (χ2v) is 5.81. The van der Waals surface area contributed by atoms with Crippen molar-refractivity contribution in [1.29, 1.82) is 0 Å². The molecule has 0 unspecified atom stereocenters. The molecule has 7 heteroatoms. The van der Waals surface area contributed by atoms with Crippen molar-refractivity contribution in [3.63, 3.8) is 0 Å². The van der Waals surface area contributed by atoms with Crippen LogP contribution in [0, 0.1) is 0 Å². The molecule has 0 spiro atoms. The van der Waals surface area contributed by atoms with Crippen molar-refractivity contribution in [3.8, 4) is 0 Å². The topological polar surface area (TPSA) is 65.8 Å². The Labute approximate surface area is 167 Å². The average molecular weight is 347 g/mol. The molecule has 0 atom stereocenters. The zero-order valence-corrected chi connectivity index (χ0v) is 16.3. The first kappa shape index (κ1) is 18.4. The van der Waals surface area contributed by atoms with Crippen molar-refractivity contribution in [1.82, 2.24) is 14.9 Å². The van der Waals surface area contributed by atoms with Crippen LogP contribution in [0.25, 0.3) is 21.8 Å². The number of esters is 1. The molecule has 25 heavy (non-hydrogen) atoms. The molecule has 1 saturated heterocycles. The van der Waals surface area contributed by atoms with E-state index in [2.05, 4.69) is 14.9 Å². The van der Waals surface area contributed by atoms with Gasteiger partial charge in [0, 0.05) is 25.8 Å². The fourth-order valence-electron chi connectivity index (χ4n) is 2.96. The summed E-state index contributed by atoms with van der Waals surface area (Å²) in [6.45, 7) is 4.32. The zero-order chi connectivity index (χ0) is 16.4. The van der Waals surface area contributed by atoms with E-state index in [1.54, 1.807) is 12.3 Å². The quantitative estimate of drug-likeness (QED) is 0.438. The summed E-state index contributed by atoms with van der Waals surface area (Å²) in [5.74, 6) is -0.393. The van der Waals surface area contributed by atoms with Crippen molar-refractivity contribution < 1.29 is 43.8 Å². The first-order valence-electron chi connectivity index (χ1n) is 8.10. The van der Waals surface area contributed by atoms with Crippen molar-refractivity contribution in [2.24, 2.45) is 0 Å². The number of nitrogens with zero attached hydrogens (tertiary/aromatic N) is 3. The number of para-hydroxylation sites is 1. The van der Waals surface area contributed by atoms with Crippen molar-refractivity contribution in [2.45, 2.75) is 0 Å². The normalized spacial score (nSPS) is 15.2. The van der Waals surface area contributed by atoms with Crippen LogP contribution in [0.4, 0.5) is 0 Å². The minimum atomic E-state index is -0.393. The second-order valence-electron chi connectivity index (χ2n) is 5.81. The maximum atomic E-state index is 12.2. The van der Waals surface area contributed by atoms with E-state index in [-0.39, 0.29) is 29.6 Å². The molecule has 0 N–H and O–H groups in total. The molecule has 0 radical (unpaired) electrons. The van der Waals surface area contributed by atoms with Gasteiger partial charge in [-0.3, -0.25) is 9.88 Å². The summed E-state index contributed by atoms with van der Waals surface area (Å²) in [4.78, 5) is 23.2. The Bertz CT molecular complexity index is 874. The van der Waals surface area contributed by atoms with Crippen LogP contribution in [0.15, 0.2) is 36.5 Å². The molecule has 4 rings (SSSR count). The third-order valence-corrected chi connectivity index (χ3v) is 4.27. The van der Waals surface area contributed by atoms with E-state index in [0.29, 0.717) is 12.3 Å². The Kier molecular flexibility index (Phi) is 6.09.